The summed E-state index contributed by atoms with van der Waals surface area (Å²) in [5.74, 6) is 0. The molecular formula is H2AlCuGaInSSe. The van der Waals surface area contributed by atoms with Crippen LogP contribution in [-0.2, 0) is 17.1 Å². The fraction of sp³-hybridized carbons (Fsp3) is 0. The zero-order chi connectivity index (χ0) is 0. The van der Waals surface area contributed by atoms with Gasteiger partial charge in [0.1, 0.15) is 0 Å². The van der Waals surface area contributed by atoms with Gasteiger partial charge in [0.25, 0.3) is 0 Å². The molecule has 0 atom stereocenters. The van der Waals surface area contributed by atoms with Crippen molar-refractivity contribution in [2.75, 3.05) is 0 Å². The van der Waals surface area contributed by atoms with Gasteiger partial charge in [-0.25, -0.2) is 0 Å². The van der Waals surface area contributed by atoms with E-state index in [0.29, 0.717) is 0 Å². The SMILES string of the molecule is S.[Al].[Cu].[Ga].[In].[Se]. The van der Waals surface area contributed by atoms with Crippen molar-refractivity contribution in [3.8, 4) is 0 Å². The molecule has 0 aromatic heterocycles. The van der Waals surface area contributed by atoms with Gasteiger partial charge in [-0.15, -0.1) is 0 Å². The maximum atomic E-state index is 0. The van der Waals surface area contributed by atoms with Gasteiger partial charge in [0.15, 0.2) is 0 Å². The molecule has 0 fully saturated rings. The first-order valence-corrected chi connectivity index (χ1v) is 0. The minimum Gasteiger partial charge on any atom is -0.197 e. The van der Waals surface area contributed by atoms with Crippen LogP contribution in [0.2, 0.25) is 0 Å². The topological polar surface area (TPSA) is 0 Å². The molecule has 34 valence electrons. The molecule has 0 aromatic carbocycles. The average molecular weight is 388 g/mol. The molecule has 0 bridgehead atoms. The van der Waals surface area contributed by atoms with Crippen molar-refractivity contribution < 1.29 is 17.1 Å². The standard InChI is InChI=1S/Al.Cu.Ga.In.H2S.Se/h;;;;1H2;. The van der Waals surface area contributed by atoms with Crippen LogP contribution in [0.3, 0.4) is 0 Å². The second-order valence-electron chi connectivity index (χ2n) is 0. The van der Waals surface area contributed by atoms with Crippen LogP contribution in [0.5, 0.6) is 0 Å². The summed E-state index contributed by atoms with van der Waals surface area (Å²) >= 11 is 0. The summed E-state index contributed by atoms with van der Waals surface area (Å²) in [6, 6.07) is 0. The van der Waals surface area contributed by atoms with Gasteiger partial charge in [-0.1, -0.05) is 0 Å². The third-order valence-electron chi connectivity index (χ3n) is 0. The molecule has 6 heteroatoms. The fourth-order valence-corrected chi connectivity index (χ4v) is 0. The van der Waals surface area contributed by atoms with Crippen LogP contribution < -0.4 is 0 Å². The second-order valence-corrected chi connectivity index (χ2v) is 0. The van der Waals surface area contributed by atoms with Crippen molar-refractivity contribution in [1.29, 1.82) is 0 Å². The molecule has 0 aliphatic rings. The summed E-state index contributed by atoms with van der Waals surface area (Å²) in [6.45, 7) is 0. The number of rotatable bonds is 0. The molecule has 0 aliphatic heterocycles. The molecule has 6 heavy (non-hydrogen) atoms. The number of hydrogen-bond acceptors (Lipinski definition) is 0. The first-order valence-electron chi connectivity index (χ1n) is 0. The summed E-state index contributed by atoms with van der Waals surface area (Å²) in [7, 11) is 0. The van der Waals surface area contributed by atoms with Crippen molar-refractivity contribution in [3.63, 3.8) is 0 Å². The van der Waals surface area contributed by atoms with Gasteiger partial charge in [0.05, 0.1) is 0 Å². The van der Waals surface area contributed by atoms with Crippen LogP contribution >= 0.6 is 13.5 Å². The Kier molecular flexibility index (Phi) is 376. The molecule has 0 unspecified atom stereocenters. The Hall–Kier alpha value is 3.43. The van der Waals surface area contributed by atoms with Crippen LogP contribution in [-0.4, -0.2) is 80.1 Å². The van der Waals surface area contributed by atoms with E-state index >= 15 is 0 Å². The Labute approximate surface area is 109 Å². The minimum absolute atomic E-state index is 0. The van der Waals surface area contributed by atoms with Crippen molar-refractivity contribution in [2.45, 2.75) is 0 Å². The Morgan fingerprint density at radius 1 is 1.00 bits per heavy atom. The van der Waals surface area contributed by atoms with Crippen LogP contribution in [0.4, 0.5) is 0 Å². The maximum absolute atomic E-state index is 0. The minimum atomic E-state index is 0. The van der Waals surface area contributed by atoms with Gasteiger partial charge in [-0.05, 0) is 0 Å². The Balaban J connectivity index is 0. The van der Waals surface area contributed by atoms with E-state index in [9.17, 15) is 0 Å². The van der Waals surface area contributed by atoms with Gasteiger partial charge in [-0.3, -0.25) is 0 Å². The second kappa shape index (κ2) is 39.6. The Morgan fingerprint density at radius 3 is 1.00 bits per heavy atom. The third-order valence-corrected chi connectivity index (χ3v) is 0. The molecule has 0 heterocycles. The summed E-state index contributed by atoms with van der Waals surface area (Å²) in [6.07, 6.45) is 0. The van der Waals surface area contributed by atoms with Crippen LogP contribution in [0, 0.1) is 0 Å². The third kappa shape index (κ3) is 26.1. The smallest absolute Gasteiger partial charge is 0 e. The largest absolute Gasteiger partial charge is 0.197 e. The molecule has 0 aromatic rings. The number of hydrogen-bond donors (Lipinski definition) is 0. The summed E-state index contributed by atoms with van der Waals surface area (Å²) in [5, 5.41) is 0. The predicted molar refractivity (Wildman–Crippen MR) is 33.4 cm³/mol. The zero-order valence-electron chi connectivity index (χ0n) is 2.94. The van der Waals surface area contributed by atoms with Crippen LogP contribution in [0.25, 0.3) is 0 Å². The predicted octanol–water partition coefficient (Wildman–Crippen LogP) is -1.41. The Bertz CT molecular complexity index is 15.5. The van der Waals surface area contributed by atoms with E-state index < -0.39 is 0 Å². The normalized spacial score (nSPS) is 0. The van der Waals surface area contributed by atoms with Gasteiger partial charge >= 0.3 is 0 Å². The summed E-state index contributed by atoms with van der Waals surface area (Å²) in [5.41, 5.74) is 0. The first-order chi connectivity index (χ1) is 0. The quantitative estimate of drug-likeness (QED) is 0.448. The fourth-order valence-electron chi connectivity index (χ4n) is 0. The molecule has 0 N–H and O–H groups in total. The first kappa shape index (κ1) is 57.0. The average Bonchev–Trinajstić information content (AvgIpc) is 0. The molecule has 0 rings (SSSR count). The van der Waals surface area contributed by atoms with Gasteiger partial charge in [0, 0.05) is 97.1 Å². The van der Waals surface area contributed by atoms with Crippen molar-refractivity contribution in [1.82, 2.24) is 0 Å². The summed E-state index contributed by atoms with van der Waals surface area (Å²) < 4.78 is 0. The summed E-state index contributed by atoms with van der Waals surface area (Å²) in [4.78, 5) is 0. The molecule has 0 saturated heterocycles. The van der Waals surface area contributed by atoms with Gasteiger partial charge in [0.2, 0.25) is 0 Å². The molecule has 0 amide bonds. The van der Waals surface area contributed by atoms with Gasteiger partial charge in [-0.2, -0.15) is 13.5 Å². The maximum Gasteiger partial charge on any atom is 0 e. The molecule has 12 radical (unpaired) electrons. The van der Waals surface area contributed by atoms with Gasteiger partial charge < -0.3 is 0 Å². The monoisotopic (exact) mass is 388 g/mol. The van der Waals surface area contributed by atoms with Crippen molar-refractivity contribution >= 4 is 93.6 Å². The molecule has 0 saturated carbocycles. The molecule has 0 aliphatic carbocycles. The van der Waals surface area contributed by atoms with E-state index in [-0.39, 0.29) is 111 Å². The molecule has 0 spiro atoms. The van der Waals surface area contributed by atoms with Crippen molar-refractivity contribution in [3.05, 3.63) is 0 Å². The van der Waals surface area contributed by atoms with Crippen LogP contribution in [0.15, 0.2) is 0 Å². The van der Waals surface area contributed by atoms with E-state index in [0.717, 1.165) is 0 Å². The van der Waals surface area contributed by atoms with E-state index in [1.165, 1.54) is 0 Å². The van der Waals surface area contributed by atoms with E-state index in [2.05, 4.69) is 0 Å². The van der Waals surface area contributed by atoms with E-state index in [4.69, 9.17) is 0 Å². The van der Waals surface area contributed by atoms with Crippen LogP contribution in [0.1, 0.15) is 0 Å². The Morgan fingerprint density at radius 2 is 1.00 bits per heavy atom. The molecular weight excluding hydrogens is 386 g/mol. The molecule has 0 nitrogen and oxygen atoms in total. The van der Waals surface area contributed by atoms with E-state index in [1.54, 1.807) is 0 Å². The van der Waals surface area contributed by atoms with E-state index in [1.807, 2.05) is 0 Å². The van der Waals surface area contributed by atoms with Crippen molar-refractivity contribution in [2.24, 2.45) is 0 Å². The zero-order valence-corrected chi connectivity index (χ0v) is 13.5.